The summed E-state index contributed by atoms with van der Waals surface area (Å²) in [6.07, 6.45) is 10.2. The number of fused-ring (bicyclic) bond motifs is 4. The van der Waals surface area contributed by atoms with Crippen LogP contribution in [0.4, 0.5) is 0 Å². The second-order valence-corrected chi connectivity index (χ2v) is 10.2. The van der Waals surface area contributed by atoms with Crippen molar-refractivity contribution in [1.29, 1.82) is 0 Å². The molecule has 1 aliphatic heterocycles. The summed E-state index contributed by atoms with van der Waals surface area (Å²) in [5.41, 5.74) is 3.30. The Balaban J connectivity index is 1.34. The van der Waals surface area contributed by atoms with E-state index in [1.165, 1.54) is 56.9 Å². The molecule has 2 saturated carbocycles. The topological polar surface area (TPSA) is 70.2 Å². The lowest BCUT2D eigenvalue weighted by molar-refractivity contribution is 0.264. The summed E-state index contributed by atoms with van der Waals surface area (Å²) in [6.45, 7) is 4.18. The average Bonchev–Trinajstić information content (AvgIpc) is 2.89. The van der Waals surface area contributed by atoms with Crippen LogP contribution in [-0.2, 0) is 19.7 Å². The number of rotatable bonds is 3. The molecule has 34 heavy (non-hydrogen) atoms. The summed E-state index contributed by atoms with van der Waals surface area (Å²) < 4.78 is 6.27. The van der Waals surface area contributed by atoms with Crippen molar-refractivity contribution in [2.45, 2.75) is 95.2 Å². The molecule has 1 aromatic heterocycles. The highest BCUT2D eigenvalue weighted by Crippen LogP contribution is 2.23. The first-order valence-corrected chi connectivity index (χ1v) is 13.4. The lowest BCUT2D eigenvalue weighted by atomic mass is 9.89. The van der Waals surface area contributed by atoms with Gasteiger partial charge >= 0.3 is 0 Å². The van der Waals surface area contributed by atoms with E-state index in [1.807, 2.05) is 6.07 Å². The molecule has 6 nitrogen and oxygen atoms in total. The number of hydrogen-bond acceptors (Lipinski definition) is 6. The van der Waals surface area contributed by atoms with E-state index in [9.17, 15) is 0 Å². The number of aromatic nitrogens is 1. The van der Waals surface area contributed by atoms with E-state index >= 15 is 0 Å². The van der Waals surface area contributed by atoms with Crippen molar-refractivity contribution in [2.24, 2.45) is 0 Å². The fourth-order valence-electron chi connectivity index (χ4n) is 5.84. The fourth-order valence-corrected chi connectivity index (χ4v) is 5.84. The van der Waals surface area contributed by atoms with Crippen molar-refractivity contribution in [2.75, 3.05) is 13.1 Å². The Kier molecular flexibility index (Phi) is 8.46. The van der Waals surface area contributed by atoms with E-state index in [4.69, 9.17) is 9.72 Å². The quantitative estimate of drug-likeness (QED) is 0.557. The second kappa shape index (κ2) is 12.1. The third-order valence-corrected chi connectivity index (χ3v) is 7.77. The molecule has 0 amide bonds. The predicted molar refractivity (Wildman–Crippen MR) is 137 cm³/mol. The van der Waals surface area contributed by atoms with E-state index in [0.717, 1.165) is 43.3 Å². The minimum atomic E-state index is 0.479. The molecule has 0 saturated heterocycles. The first-order chi connectivity index (χ1) is 16.8. The summed E-state index contributed by atoms with van der Waals surface area (Å²) in [6, 6.07) is 16.7. The molecule has 1 aromatic carbocycles. The lowest BCUT2D eigenvalue weighted by Gasteiger charge is -2.34. The number of benzene rings is 1. The monoisotopic (exact) mass is 463 g/mol. The molecule has 3 aliphatic rings. The van der Waals surface area contributed by atoms with E-state index in [2.05, 4.69) is 57.7 Å². The molecule has 2 aromatic rings. The molecule has 6 heteroatoms. The Bertz CT molecular complexity index is 892. The highest BCUT2D eigenvalue weighted by atomic mass is 16.5. The molecule has 184 valence electrons. The number of ether oxygens (including phenoxy) is 1. The molecule has 4 atom stereocenters. The average molecular weight is 464 g/mol. The van der Waals surface area contributed by atoms with Gasteiger partial charge in [-0.2, -0.15) is 0 Å². The van der Waals surface area contributed by atoms with Gasteiger partial charge in [0, 0.05) is 50.3 Å². The minimum Gasteiger partial charge on any atom is -0.487 e. The van der Waals surface area contributed by atoms with E-state index in [1.54, 1.807) is 0 Å². The largest absolute Gasteiger partial charge is 0.487 e. The third kappa shape index (κ3) is 6.36. The molecule has 2 aliphatic carbocycles. The van der Waals surface area contributed by atoms with Gasteiger partial charge in [0.05, 0.1) is 11.4 Å². The summed E-state index contributed by atoms with van der Waals surface area (Å²) >= 11 is 0. The van der Waals surface area contributed by atoms with Gasteiger partial charge in [0.1, 0.15) is 12.4 Å². The van der Waals surface area contributed by atoms with Gasteiger partial charge in [-0.25, -0.2) is 0 Å². The van der Waals surface area contributed by atoms with Crippen molar-refractivity contribution in [3.63, 3.8) is 0 Å². The number of hydrogen-bond donors (Lipinski definition) is 4. The predicted octanol–water partition coefficient (Wildman–Crippen LogP) is 3.66. The molecular weight excluding hydrogens is 422 g/mol. The molecular formula is C28H41N5O. The Morgan fingerprint density at radius 3 is 1.91 bits per heavy atom. The van der Waals surface area contributed by atoms with Crippen LogP contribution in [-0.4, -0.2) is 42.2 Å². The van der Waals surface area contributed by atoms with Crippen molar-refractivity contribution < 1.29 is 4.74 Å². The summed E-state index contributed by atoms with van der Waals surface area (Å²) in [4.78, 5) is 5.08. The van der Waals surface area contributed by atoms with Crippen LogP contribution in [0.1, 0.15) is 68.3 Å². The van der Waals surface area contributed by atoms with E-state index in [0.29, 0.717) is 30.8 Å². The highest BCUT2D eigenvalue weighted by Gasteiger charge is 2.27. The molecule has 2 fully saturated rings. The highest BCUT2D eigenvalue weighted by molar-refractivity contribution is 5.30. The van der Waals surface area contributed by atoms with Crippen LogP contribution in [0.5, 0.6) is 5.75 Å². The Labute approximate surface area is 204 Å². The Morgan fingerprint density at radius 1 is 0.676 bits per heavy atom. The summed E-state index contributed by atoms with van der Waals surface area (Å²) in [5, 5.41) is 15.4. The maximum absolute atomic E-state index is 6.27. The van der Waals surface area contributed by atoms with Gasteiger partial charge in [-0.05, 0) is 43.4 Å². The Hall–Kier alpha value is -1.99. The van der Waals surface area contributed by atoms with Crippen molar-refractivity contribution >= 4 is 0 Å². The molecule has 2 bridgehead atoms. The van der Waals surface area contributed by atoms with Crippen LogP contribution in [0.2, 0.25) is 0 Å². The van der Waals surface area contributed by atoms with Crippen molar-refractivity contribution in [3.05, 3.63) is 59.4 Å². The summed E-state index contributed by atoms with van der Waals surface area (Å²) in [5.74, 6) is 0.891. The van der Waals surface area contributed by atoms with Gasteiger partial charge in [0.25, 0.3) is 0 Å². The van der Waals surface area contributed by atoms with Crippen LogP contribution in [0.25, 0.3) is 0 Å². The molecule has 2 heterocycles. The number of nitrogens with zero attached hydrogens (tertiary/aromatic N) is 1. The van der Waals surface area contributed by atoms with Gasteiger partial charge in [0.2, 0.25) is 0 Å². The van der Waals surface area contributed by atoms with Gasteiger partial charge < -0.3 is 26.0 Å². The van der Waals surface area contributed by atoms with Crippen molar-refractivity contribution in [1.82, 2.24) is 26.3 Å². The van der Waals surface area contributed by atoms with Crippen LogP contribution >= 0.6 is 0 Å². The molecule has 0 unspecified atom stereocenters. The second-order valence-electron chi connectivity index (χ2n) is 10.2. The lowest BCUT2D eigenvalue weighted by Crippen LogP contribution is -2.53. The molecule has 5 rings (SSSR count). The first kappa shape index (κ1) is 23.7. The minimum absolute atomic E-state index is 0.479. The zero-order valence-electron chi connectivity index (χ0n) is 20.4. The zero-order chi connectivity index (χ0) is 23.0. The van der Waals surface area contributed by atoms with Gasteiger partial charge in [-0.1, -0.05) is 56.0 Å². The van der Waals surface area contributed by atoms with Gasteiger partial charge in [-0.3, -0.25) is 4.98 Å². The van der Waals surface area contributed by atoms with Crippen LogP contribution in [0.3, 0.4) is 0 Å². The fraction of sp³-hybridized carbons (Fsp3) is 0.607. The molecule has 4 N–H and O–H groups in total. The third-order valence-electron chi connectivity index (χ3n) is 7.77. The van der Waals surface area contributed by atoms with Crippen LogP contribution in [0, 0.1) is 0 Å². The maximum atomic E-state index is 6.27. The molecule has 0 radical (unpaired) electrons. The number of nitrogens with one attached hydrogen (secondary N) is 4. The van der Waals surface area contributed by atoms with E-state index < -0.39 is 0 Å². The smallest absolute Gasteiger partial charge is 0.142 e. The first-order valence-electron chi connectivity index (χ1n) is 13.4. The Morgan fingerprint density at radius 2 is 1.26 bits per heavy atom. The van der Waals surface area contributed by atoms with Crippen LogP contribution < -0.4 is 26.0 Å². The van der Waals surface area contributed by atoms with Crippen molar-refractivity contribution in [3.8, 4) is 5.75 Å². The normalized spacial score (nSPS) is 28.6. The van der Waals surface area contributed by atoms with E-state index in [-0.39, 0.29) is 0 Å². The molecule has 0 spiro atoms. The SMILES string of the molecule is c1ccc(COc2ccc3nc2CN[C@@H]2CCCC[C@H]2NCCN[C@@H]2CCCC[C@H]2NC3)cc1. The summed E-state index contributed by atoms with van der Waals surface area (Å²) in [7, 11) is 0. The standard InChI is InChI=1S/C28H41N5O/c1-2-8-21(9-3-1)20-34-28-15-14-22-18-31-25-12-6-4-10-23(25)29-16-17-30-24-11-5-7-13-26(24)32-19-27(28)33-22/h1-3,8-9,14-15,23-26,29-32H,4-7,10-13,16-20H2/t23-,24-,25-,26-/m1/s1. The zero-order valence-corrected chi connectivity index (χ0v) is 20.4. The van der Waals surface area contributed by atoms with Crippen LogP contribution in [0.15, 0.2) is 42.5 Å². The number of pyridine rings is 1. The van der Waals surface area contributed by atoms with Gasteiger partial charge in [0.15, 0.2) is 0 Å². The maximum Gasteiger partial charge on any atom is 0.142 e. The van der Waals surface area contributed by atoms with Gasteiger partial charge in [-0.15, -0.1) is 0 Å².